The minimum Gasteiger partial charge on any atom is -0.497 e. The van der Waals surface area contributed by atoms with Gasteiger partial charge < -0.3 is 9.57 Å². The van der Waals surface area contributed by atoms with Crippen molar-refractivity contribution in [3.05, 3.63) is 90.0 Å². The molecule has 0 saturated heterocycles. The van der Waals surface area contributed by atoms with Gasteiger partial charge in [0, 0.05) is 15.4 Å². The van der Waals surface area contributed by atoms with Crippen LogP contribution in [0.2, 0.25) is 0 Å². The van der Waals surface area contributed by atoms with Crippen molar-refractivity contribution in [1.29, 1.82) is 0 Å². The Bertz CT molecular complexity index is 1010. The second kappa shape index (κ2) is 9.71. The quantitative estimate of drug-likeness (QED) is 0.232. The number of nitrogens with zero attached hydrogens (tertiary/aromatic N) is 1. The summed E-state index contributed by atoms with van der Waals surface area (Å²) in [7, 11) is 1.54. The molecule has 3 aromatic carbocycles. The number of ketones is 1. The van der Waals surface area contributed by atoms with Crippen LogP contribution in [-0.2, 0) is 4.84 Å². The maximum atomic E-state index is 12.5. The Morgan fingerprint density at radius 1 is 0.793 bits per heavy atom. The van der Waals surface area contributed by atoms with Crippen LogP contribution in [0.5, 0.6) is 5.75 Å². The molecule has 0 saturated carbocycles. The zero-order valence-electron chi connectivity index (χ0n) is 16.0. The van der Waals surface area contributed by atoms with Crippen molar-refractivity contribution in [3.8, 4) is 5.75 Å². The summed E-state index contributed by atoms with van der Waals surface area (Å²) in [5.41, 5.74) is 0.886. The van der Waals surface area contributed by atoms with Gasteiger partial charge in [0.15, 0.2) is 0 Å². The molecule has 3 rings (SSSR count). The summed E-state index contributed by atoms with van der Waals surface area (Å²) < 4.78 is 5.04. The van der Waals surface area contributed by atoms with Gasteiger partial charge in [-0.15, -0.1) is 0 Å². The highest BCUT2D eigenvalue weighted by atomic mass is 32.2. The van der Waals surface area contributed by atoms with E-state index in [9.17, 15) is 9.59 Å². The predicted molar refractivity (Wildman–Crippen MR) is 113 cm³/mol. The maximum Gasteiger partial charge on any atom is 0.365 e. The highest BCUT2D eigenvalue weighted by Crippen LogP contribution is 2.27. The van der Waals surface area contributed by atoms with Crippen LogP contribution >= 0.6 is 11.8 Å². The molecule has 0 unspecified atom stereocenters. The molecule has 29 heavy (non-hydrogen) atoms. The lowest BCUT2D eigenvalue weighted by molar-refractivity contribution is 0.0515. The van der Waals surface area contributed by atoms with Gasteiger partial charge >= 0.3 is 5.97 Å². The number of carbonyl (C=O) groups excluding carboxylic acids is 2. The van der Waals surface area contributed by atoms with Crippen LogP contribution in [0.3, 0.4) is 0 Å². The number of Topliss-reactive ketones (excluding diaryl/α,β-unsaturated/α-hetero) is 1. The molecule has 0 amide bonds. The molecule has 146 valence electrons. The highest BCUT2D eigenvalue weighted by molar-refractivity contribution is 7.99. The first-order chi connectivity index (χ1) is 14.1. The molecule has 5 nitrogen and oxygen atoms in total. The van der Waals surface area contributed by atoms with Crippen molar-refractivity contribution >= 4 is 29.2 Å². The van der Waals surface area contributed by atoms with Crippen LogP contribution in [0, 0.1) is 0 Å². The first kappa shape index (κ1) is 20.4. The number of ether oxygens (including phenoxy) is 1. The smallest absolute Gasteiger partial charge is 0.365 e. The molecule has 0 aliphatic heterocycles. The Labute approximate surface area is 173 Å². The molecule has 0 aliphatic rings. The molecule has 3 aromatic rings. The lowest BCUT2D eigenvalue weighted by Crippen LogP contribution is -2.12. The van der Waals surface area contributed by atoms with E-state index in [0.29, 0.717) is 16.9 Å². The number of oxime groups is 1. The molecular formula is C23H19NO4S. The lowest BCUT2D eigenvalue weighted by atomic mass is 10.1. The van der Waals surface area contributed by atoms with Crippen LogP contribution in [0.1, 0.15) is 27.6 Å². The van der Waals surface area contributed by atoms with Gasteiger partial charge in [0.25, 0.3) is 0 Å². The van der Waals surface area contributed by atoms with Crippen molar-refractivity contribution in [2.45, 2.75) is 16.7 Å². The minimum atomic E-state index is -0.644. The molecule has 0 heterocycles. The number of rotatable bonds is 7. The molecule has 0 bridgehead atoms. The average molecular weight is 405 g/mol. The van der Waals surface area contributed by atoms with Gasteiger partial charge in [-0.1, -0.05) is 35.1 Å². The SMILES string of the molecule is COc1ccc(C(=O)O/N=C(\C)C(=O)c2ccc(Sc3ccccc3)cc2)cc1. The van der Waals surface area contributed by atoms with E-state index in [-0.39, 0.29) is 11.5 Å². The number of carbonyl (C=O) groups is 2. The van der Waals surface area contributed by atoms with Crippen LogP contribution in [0.15, 0.2) is 93.8 Å². The molecule has 0 radical (unpaired) electrons. The molecule has 0 atom stereocenters. The van der Waals surface area contributed by atoms with E-state index < -0.39 is 5.97 Å². The summed E-state index contributed by atoms with van der Waals surface area (Å²) in [5.74, 6) is -0.316. The fourth-order valence-electron chi connectivity index (χ4n) is 2.44. The van der Waals surface area contributed by atoms with Crippen molar-refractivity contribution < 1.29 is 19.2 Å². The van der Waals surface area contributed by atoms with E-state index in [1.165, 1.54) is 6.92 Å². The molecule has 0 aliphatic carbocycles. The summed E-state index contributed by atoms with van der Waals surface area (Å²) >= 11 is 1.61. The molecular weight excluding hydrogens is 386 g/mol. The van der Waals surface area contributed by atoms with Crippen molar-refractivity contribution in [2.24, 2.45) is 5.16 Å². The largest absolute Gasteiger partial charge is 0.497 e. The second-order valence-corrected chi connectivity index (χ2v) is 7.20. The first-order valence-electron chi connectivity index (χ1n) is 8.84. The van der Waals surface area contributed by atoms with Gasteiger partial charge in [0.05, 0.1) is 12.7 Å². The predicted octanol–water partition coefficient (Wildman–Crippen LogP) is 5.26. The standard InChI is InChI=1S/C23H19NO4S/c1-16(24-28-23(26)18-8-12-19(27-2)13-9-18)22(25)17-10-14-21(15-11-17)29-20-6-4-3-5-7-20/h3-15H,1-2H3/b24-16+. The third-order valence-electron chi connectivity index (χ3n) is 4.02. The number of hydrogen-bond donors (Lipinski definition) is 0. The number of benzene rings is 3. The maximum absolute atomic E-state index is 12.5. The molecule has 6 heteroatoms. The van der Waals surface area contributed by atoms with E-state index in [0.717, 1.165) is 9.79 Å². The Balaban J connectivity index is 1.61. The first-order valence-corrected chi connectivity index (χ1v) is 9.66. The van der Waals surface area contributed by atoms with Crippen LogP contribution in [0.25, 0.3) is 0 Å². The van der Waals surface area contributed by atoms with E-state index >= 15 is 0 Å². The summed E-state index contributed by atoms with van der Waals surface area (Å²) in [6.07, 6.45) is 0. The van der Waals surface area contributed by atoms with Gasteiger partial charge in [-0.3, -0.25) is 4.79 Å². The average Bonchev–Trinajstić information content (AvgIpc) is 2.78. The van der Waals surface area contributed by atoms with Crippen LogP contribution in [-0.4, -0.2) is 24.6 Å². The van der Waals surface area contributed by atoms with Crippen LogP contribution in [0.4, 0.5) is 0 Å². The van der Waals surface area contributed by atoms with Crippen molar-refractivity contribution in [3.63, 3.8) is 0 Å². The molecule has 0 spiro atoms. The fourth-order valence-corrected chi connectivity index (χ4v) is 3.28. The molecule has 0 fully saturated rings. The highest BCUT2D eigenvalue weighted by Gasteiger charge is 2.13. The van der Waals surface area contributed by atoms with Crippen molar-refractivity contribution in [2.75, 3.05) is 7.11 Å². The topological polar surface area (TPSA) is 65.0 Å². The van der Waals surface area contributed by atoms with E-state index in [1.54, 1.807) is 55.3 Å². The van der Waals surface area contributed by atoms with Gasteiger partial charge in [-0.2, -0.15) is 0 Å². The van der Waals surface area contributed by atoms with E-state index in [2.05, 4.69) is 5.16 Å². The van der Waals surface area contributed by atoms with Gasteiger partial charge in [0.2, 0.25) is 5.78 Å². The summed E-state index contributed by atoms with van der Waals surface area (Å²) in [6, 6.07) is 23.6. The summed E-state index contributed by atoms with van der Waals surface area (Å²) in [4.78, 5) is 31.6. The summed E-state index contributed by atoms with van der Waals surface area (Å²) in [5, 5.41) is 3.69. The van der Waals surface area contributed by atoms with Gasteiger partial charge in [-0.25, -0.2) is 4.79 Å². The monoisotopic (exact) mass is 405 g/mol. The van der Waals surface area contributed by atoms with Gasteiger partial charge in [-0.05, 0) is 67.6 Å². The number of hydrogen-bond acceptors (Lipinski definition) is 6. The van der Waals surface area contributed by atoms with E-state index in [4.69, 9.17) is 9.57 Å². The van der Waals surface area contributed by atoms with Crippen molar-refractivity contribution in [1.82, 2.24) is 0 Å². The normalized spacial score (nSPS) is 11.0. The Hall–Kier alpha value is -3.38. The Morgan fingerprint density at radius 3 is 2.00 bits per heavy atom. The van der Waals surface area contributed by atoms with Crippen LogP contribution < -0.4 is 4.74 Å². The zero-order chi connectivity index (χ0) is 20.6. The van der Waals surface area contributed by atoms with Gasteiger partial charge in [0.1, 0.15) is 11.5 Å². The zero-order valence-corrected chi connectivity index (χ0v) is 16.8. The fraction of sp³-hybridized carbons (Fsp3) is 0.0870. The third kappa shape index (κ3) is 5.56. The number of methoxy groups -OCH3 is 1. The Kier molecular flexibility index (Phi) is 6.81. The Morgan fingerprint density at radius 2 is 1.38 bits per heavy atom. The minimum absolute atomic E-state index is 0.0929. The second-order valence-electron chi connectivity index (χ2n) is 6.05. The summed E-state index contributed by atoms with van der Waals surface area (Å²) in [6.45, 7) is 1.51. The third-order valence-corrected chi connectivity index (χ3v) is 5.03. The molecule has 0 aromatic heterocycles. The lowest BCUT2D eigenvalue weighted by Gasteiger charge is -2.04. The molecule has 0 N–H and O–H groups in total. The van der Waals surface area contributed by atoms with E-state index in [1.807, 2.05) is 42.5 Å².